The lowest BCUT2D eigenvalue weighted by Gasteiger charge is -2.14. The molecule has 0 radical (unpaired) electrons. The molecule has 0 saturated carbocycles. The summed E-state index contributed by atoms with van der Waals surface area (Å²) in [6.45, 7) is 3.99. The van der Waals surface area contributed by atoms with E-state index in [9.17, 15) is 0 Å². The molecule has 0 bridgehead atoms. The van der Waals surface area contributed by atoms with Crippen LogP contribution in [0.5, 0.6) is 17.2 Å². The minimum absolute atomic E-state index is 0.311. The standard InChI is InChI=1S/C16H17NO2S/c1-10-4-6-12(16(17)20)14(8-10)19-13-7-5-11(2)9-15(13)18-3/h4-9H,1-3H3,(H2,17,20). The Bertz CT molecular complexity index is 653. The maximum absolute atomic E-state index is 5.94. The molecule has 0 fully saturated rings. The maximum atomic E-state index is 5.94. The number of thiocarbonyl (C=S) groups is 1. The Morgan fingerprint density at radius 3 is 2.15 bits per heavy atom. The van der Waals surface area contributed by atoms with Crippen molar-refractivity contribution in [2.24, 2.45) is 5.73 Å². The maximum Gasteiger partial charge on any atom is 0.169 e. The molecule has 0 heterocycles. The number of benzene rings is 2. The van der Waals surface area contributed by atoms with Crippen LogP contribution in [0.4, 0.5) is 0 Å². The zero-order chi connectivity index (χ0) is 14.7. The summed E-state index contributed by atoms with van der Waals surface area (Å²) in [5.74, 6) is 1.96. The Labute approximate surface area is 124 Å². The fraction of sp³-hybridized carbons (Fsp3) is 0.188. The molecule has 3 nitrogen and oxygen atoms in total. The molecule has 2 N–H and O–H groups in total. The van der Waals surface area contributed by atoms with Gasteiger partial charge in [0.1, 0.15) is 10.7 Å². The molecule has 0 aliphatic rings. The Morgan fingerprint density at radius 1 is 0.950 bits per heavy atom. The van der Waals surface area contributed by atoms with E-state index in [4.69, 9.17) is 27.4 Å². The lowest BCUT2D eigenvalue weighted by molar-refractivity contribution is 0.378. The summed E-state index contributed by atoms with van der Waals surface area (Å²) in [5, 5.41) is 0. The molecule has 0 saturated heterocycles. The monoisotopic (exact) mass is 287 g/mol. The van der Waals surface area contributed by atoms with Gasteiger partial charge in [-0.05, 0) is 49.2 Å². The van der Waals surface area contributed by atoms with Crippen LogP contribution in [-0.2, 0) is 0 Å². The number of hydrogen-bond acceptors (Lipinski definition) is 3. The molecule has 0 aliphatic carbocycles. The summed E-state index contributed by atoms with van der Waals surface area (Å²) >= 11 is 5.06. The van der Waals surface area contributed by atoms with Gasteiger partial charge in [-0.2, -0.15) is 0 Å². The largest absolute Gasteiger partial charge is 0.493 e. The molecule has 2 rings (SSSR count). The minimum Gasteiger partial charge on any atom is -0.493 e. The first-order valence-corrected chi connectivity index (χ1v) is 6.65. The van der Waals surface area contributed by atoms with Gasteiger partial charge in [-0.15, -0.1) is 0 Å². The van der Waals surface area contributed by atoms with Crippen LogP contribution in [0.15, 0.2) is 36.4 Å². The van der Waals surface area contributed by atoms with E-state index >= 15 is 0 Å². The second kappa shape index (κ2) is 5.92. The van der Waals surface area contributed by atoms with Crippen LogP contribution in [-0.4, -0.2) is 12.1 Å². The molecule has 0 spiro atoms. The van der Waals surface area contributed by atoms with Gasteiger partial charge in [0.25, 0.3) is 0 Å². The van der Waals surface area contributed by atoms with Crippen LogP contribution in [0.1, 0.15) is 16.7 Å². The number of aryl methyl sites for hydroxylation is 2. The predicted octanol–water partition coefficient (Wildman–Crippen LogP) is 3.74. The average molecular weight is 287 g/mol. The number of methoxy groups -OCH3 is 1. The fourth-order valence-corrected chi connectivity index (χ4v) is 2.06. The molecule has 0 aromatic heterocycles. The summed E-state index contributed by atoms with van der Waals surface area (Å²) < 4.78 is 11.3. The van der Waals surface area contributed by atoms with Crippen LogP contribution in [0.3, 0.4) is 0 Å². The second-order valence-corrected chi connectivity index (χ2v) is 5.06. The minimum atomic E-state index is 0.311. The quantitative estimate of drug-likeness (QED) is 0.870. The van der Waals surface area contributed by atoms with Crippen molar-refractivity contribution in [2.45, 2.75) is 13.8 Å². The lowest BCUT2D eigenvalue weighted by atomic mass is 10.1. The highest BCUT2D eigenvalue weighted by molar-refractivity contribution is 7.80. The summed E-state index contributed by atoms with van der Waals surface area (Å²) in [5.41, 5.74) is 8.63. The SMILES string of the molecule is COc1cc(C)ccc1Oc1cc(C)ccc1C(N)=S. The highest BCUT2D eigenvalue weighted by atomic mass is 32.1. The van der Waals surface area contributed by atoms with Gasteiger partial charge in [0.15, 0.2) is 11.5 Å². The van der Waals surface area contributed by atoms with Crippen LogP contribution < -0.4 is 15.2 Å². The van der Waals surface area contributed by atoms with Crippen molar-refractivity contribution in [1.82, 2.24) is 0 Å². The molecule has 0 atom stereocenters. The van der Waals surface area contributed by atoms with Gasteiger partial charge >= 0.3 is 0 Å². The van der Waals surface area contributed by atoms with Crippen molar-refractivity contribution in [3.8, 4) is 17.2 Å². The van der Waals surface area contributed by atoms with E-state index in [0.717, 1.165) is 11.1 Å². The van der Waals surface area contributed by atoms with Gasteiger partial charge in [0, 0.05) is 0 Å². The summed E-state index contributed by atoms with van der Waals surface area (Å²) in [6.07, 6.45) is 0. The zero-order valence-corrected chi connectivity index (χ0v) is 12.6. The van der Waals surface area contributed by atoms with Gasteiger partial charge < -0.3 is 15.2 Å². The van der Waals surface area contributed by atoms with Crippen molar-refractivity contribution in [1.29, 1.82) is 0 Å². The normalized spacial score (nSPS) is 10.2. The van der Waals surface area contributed by atoms with E-state index < -0.39 is 0 Å². The second-order valence-electron chi connectivity index (χ2n) is 4.62. The van der Waals surface area contributed by atoms with E-state index in [0.29, 0.717) is 27.8 Å². The Kier molecular flexibility index (Phi) is 4.25. The summed E-state index contributed by atoms with van der Waals surface area (Å²) in [4.78, 5) is 0.311. The predicted molar refractivity (Wildman–Crippen MR) is 84.9 cm³/mol. The molecule has 4 heteroatoms. The fourth-order valence-electron chi connectivity index (χ4n) is 1.90. The number of hydrogen-bond donors (Lipinski definition) is 1. The van der Waals surface area contributed by atoms with Gasteiger partial charge in [-0.1, -0.05) is 24.4 Å². The molecule has 20 heavy (non-hydrogen) atoms. The summed E-state index contributed by atoms with van der Waals surface area (Å²) in [6, 6.07) is 11.5. The van der Waals surface area contributed by atoms with Crippen molar-refractivity contribution in [2.75, 3.05) is 7.11 Å². The smallest absolute Gasteiger partial charge is 0.169 e. The van der Waals surface area contributed by atoms with Gasteiger partial charge in [-0.3, -0.25) is 0 Å². The topological polar surface area (TPSA) is 44.5 Å². The van der Waals surface area contributed by atoms with Crippen molar-refractivity contribution < 1.29 is 9.47 Å². The van der Waals surface area contributed by atoms with Crippen LogP contribution in [0.2, 0.25) is 0 Å². The summed E-state index contributed by atoms with van der Waals surface area (Å²) in [7, 11) is 1.62. The first-order valence-electron chi connectivity index (χ1n) is 6.24. The van der Waals surface area contributed by atoms with Crippen molar-refractivity contribution >= 4 is 17.2 Å². The van der Waals surface area contributed by atoms with Gasteiger partial charge in [0.05, 0.1) is 12.7 Å². The Hall–Kier alpha value is -2.07. The van der Waals surface area contributed by atoms with Gasteiger partial charge in [-0.25, -0.2) is 0 Å². The van der Waals surface area contributed by atoms with Crippen LogP contribution in [0.25, 0.3) is 0 Å². The molecular weight excluding hydrogens is 270 g/mol. The van der Waals surface area contributed by atoms with Crippen LogP contribution in [0, 0.1) is 13.8 Å². The number of nitrogens with two attached hydrogens (primary N) is 1. The molecule has 0 aliphatic heterocycles. The highest BCUT2D eigenvalue weighted by Crippen LogP contribution is 2.34. The molecule has 0 unspecified atom stereocenters. The van der Waals surface area contributed by atoms with E-state index in [-0.39, 0.29) is 0 Å². The first kappa shape index (κ1) is 14.3. The van der Waals surface area contributed by atoms with E-state index in [1.165, 1.54) is 0 Å². The Morgan fingerprint density at radius 2 is 1.55 bits per heavy atom. The zero-order valence-electron chi connectivity index (χ0n) is 11.8. The van der Waals surface area contributed by atoms with Gasteiger partial charge in [0.2, 0.25) is 0 Å². The third-order valence-corrected chi connectivity index (χ3v) is 3.16. The van der Waals surface area contributed by atoms with Crippen LogP contribution >= 0.6 is 12.2 Å². The molecule has 0 amide bonds. The Balaban J connectivity index is 2.44. The molecule has 2 aromatic carbocycles. The molecule has 2 aromatic rings. The van der Waals surface area contributed by atoms with Crippen molar-refractivity contribution in [3.05, 3.63) is 53.1 Å². The lowest BCUT2D eigenvalue weighted by Crippen LogP contribution is -2.11. The third kappa shape index (κ3) is 3.08. The molecule has 104 valence electrons. The number of ether oxygens (including phenoxy) is 2. The number of rotatable bonds is 4. The van der Waals surface area contributed by atoms with E-state index in [2.05, 4.69) is 0 Å². The third-order valence-electron chi connectivity index (χ3n) is 2.94. The van der Waals surface area contributed by atoms with Crippen molar-refractivity contribution in [3.63, 3.8) is 0 Å². The highest BCUT2D eigenvalue weighted by Gasteiger charge is 2.11. The first-order chi connectivity index (χ1) is 9.51. The van der Waals surface area contributed by atoms with E-state index in [1.54, 1.807) is 7.11 Å². The average Bonchev–Trinajstić information content (AvgIpc) is 2.40. The van der Waals surface area contributed by atoms with E-state index in [1.807, 2.05) is 50.2 Å². The molecular formula is C16H17NO2S.